The Bertz CT molecular complexity index is 772. The maximum Gasteiger partial charge on any atom is 0.305 e. The van der Waals surface area contributed by atoms with Gasteiger partial charge in [-0.1, -0.05) is 6.07 Å². The monoisotopic (exact) mass is 343 g/mol. The summed E-state index contributed by atoms with van der Waals surface area (Å²) in [5, 5.41) is 12.3. The first-order valence-corrected chi connectivity index (χ1v) is 8.74. The highest BCUT2D eigenvalue weighted by Gasteiger charge is 2.24. The molecule has 8 heteroatoms. The molecule has 0 aliphatic heterocycles. The van der Waals surface area contributed by atoms with Gasteiger partial charge in [-0.2, -0.15) is 11.3 Å². The highest BCUT2D eigenvalue weighted by molar-refractivity contribution is 7.89. The van der Waals surface area contributed by atoms with Crippen molar-refractivity contribution in [2.75, 3.05) is 0 Å². The Labute approximate surface area is 131 Å². The van der Waals surface area contributed by atoms with Crippen LogP contribution >= 0.6 is 11.3 Å². The number of thiophene rings is 1. The van der Waals surface area contributed by atoms with E-state index in [9.17, 15) is 17.6 Å². The molecule has 22 heavy (non-hydrogen) atoms. The van der Waals surface area contributed by atoms with Gasteiger partial charge in [0.15, 0.2) is 0 Å². The Morgan fingerprint density at radius 2 is 2.14 bits per heavy atom. The van der Waals surface area contributed by atoms with Crippen LogP contribution in [0.1, 0.15) is 23.6 Å². The molecule has 1 unspecified atom stereocenters. The first-order chi connectivity index (χ1) is 10.3. The fourth-order valence-corrected chi connectivity index (χ4v) is 3.82. The molecule has 1 aromatic carbocycles. The molecule has 2 N–H and O–H groups in total. The molecular weight excluding hydrogens is 329 g/mol. The van der Waals surface area contributed by atoms with Crippen molar-refractivity contribution in [3.63, 3.8) is 0 Å². The van der Waals surface area contributed by atoms with Crippen molar-refractivity contribution in [1.82, 2.24) is 4.72 Å². The molecule has 0 amide bonds. The number of carboxylic acids is 1. The van der Waals surface area contributed by atoms with Crippen molar-refractivity contribution in [1.29, 1.82) is 0 Å². The SMILES string of the molecule is Cc1ccc(S(=O)(=O)NC(CC(=O)O)c2ccsc2)cc1F. The second-order valence-electron chi connectivity index (χ2n) is 4.74. The van der Waals surface area contributed by atoms with E-state index in [1.807, 2.05) is 0 Å². The smallest absolute Gasteiger partial charge is 0.305 e. The minimum Gasteiger partial charge on any atom is -0.481 e. The number of rotatable bonds is 6. The normalized spacial score (nSPS) is 13.0. The van der Waals surface area contributed by atoms with Crippen LogP contribution < -0.4 is 4.72 Å². The highest BCUT2D eigenvalue weighted by Crippen LogP contribution is 2.23. The largest absolute Gasteiger partial charge is 0.481 e. The lowest BCUT2D eigenvalue weighted by molar-refractivity contribution is -0.137. The van der Waals surface area contributed by atoms with Gasteiger partial charge in [0.05, 0.1) is 17.4 Å². The minimum atomic E-state index is -4.02. The molecular formula is C14H14FNO4S2. The zero-order chi connectivity index (χ0) is 16.3. The standard InChI is InChI=1S/C14H14FNO4S2/c1-9-2-3-11(6-12(9)15)22(19,20)16-13(7-14(17)18)10-4-5-21-8-10/h2-6,8,13,16H,7H2,1H3,(H,17,18). The van der Waals surface area contributed by atoms with Crippen LogP contribution in [0.4, 0.5) is 4.39 Å². The maximum atomic E-state index is 13.5. The second-order valence-corrected chi connectivity index (χ2v) is 7.23. The molecule has 0 fully saturated rings. The third-order valence-corrected chi connectivity index (χ3v) is 5.25. The first kappa shape index (κ1) is 16.6. The molecule has 5 nitrogen and oxygen atoms in total. The molecule has 0 saturated heterocycles. The number of aliphatic carboxylic acids is 1. The fourth-order valence-electron chi connectivity index (χ4n) is 1.87. The zero-order valence-corrected chi connectivity index (χ0v) is 13.2. The number of hydrogen-bond donors (Lipinski definition) is 2. The number of hydrogen-bond acceptors (Lipinski definition) is 4. The van der Waals surface area contributed by atoms with E-state index in [4.69, 9.17) is 5.11 Å². The lowest BCUT2D eigenvalue weighted by Crippen LogP contribution is -2.30. The summed E-state index contributed by atoms with van der Waals surface area (Å²) in [6, 6.07) is 4.31. The molecule has 0 bridgehead atoms. The van der Waals surface area contributed by atoms with Gasteiger partial charge in [-0.3, -0.25) is 4.79 Å². The van der Waals surface area contributed by atoms with Gasteiger partial charge in [-0.25, -0.2) is 17.5 Å². The first-order valence-electron chi connectivity index (χ1n) is 6.32. The van der Waals surface area contributed by atoms with Gasteiger partial charge in [-0.05, 0) is 47.0 Å². The van der Waals surface area contributed by atoms with Crippen molar-refractivity contribution < 1.29 is 22.7 Å². The van der Waals surface area contributed by atoms with E-state index in [2.05, 4.69) is 4.72 Å². The van der Waals surface area contributed by atoms with Gasteiger partial charge >= 0.3 is 5.97 Å². The van der Waals surface area contributed by atoms with Crippen LogP contribution in [0.5, 0.6) is 0 Å². The van der Waals surface area contributed by atoms with Crippen molar-refractivity contribution in [2.45, 2.75) is 24.3 Å². The quantitative estimate of drug-likeness (QED) is 0.845. The number of carboxylic acid groups (broad SMARTS) is 1. The van der Waals surface area contributed by atoms with Crippen molar-refractivity contribution in [3.05, 3.63) is 52.0 Å². The molecule has 0 aliphatic carbocycles. The predicted molar refractivity (Wildman–Crippen MR) is 80.8 cm³/mol. The van der Waals surface area contributed by atoms with Crippen LogP contribution in [0.2, 0.25) is 0 Å². The Morgan fingerprint density at radius 1 is 1.41 bits per heavy atom. The molecule has 1 aromatic heterocycles. The van der Waals surface area contributed by atoms with E-state index >= 15 is 0 Å². The predicted octanol–water partition coefficient (Wildman–Crippen LogP) is 2.69. The molecule has 0 saturated carbocycles. The van der Waals surface area contributed by atoms with Gasteiger partial charge in [0.25, 0.3) is 0 Å². The number of carbonyl (C=O) groups is 1. The average Bonchev–Trinajstić information content (AvgIpc) is 2.94. The Balaban J connectivity index is 2.31. The molecule has 0 spiro atoms. The van der Waals surface area contributed by atoms with Gasteiger partial charge in [-0.15, -0.1) is 0 Å². The summed E-state index contributed by atoms with van der Waals surface area (Å²) in [6.45, 7) is 1.53. The Kier molecular flexibility index (Phi) is 4.94. The minimum absolute atomic E-state index is 0.235. The van der Waals surface area contributed by atoms with Gasteiger partial charge in [0.1, 0.15) is 5.82 Å². The summed E-state index contributed by atoms with van der Waals surface area (Å²) < 4.78 is 40.5. The molecule has 2 aromatic rings. The Hall–Kier alpha value is -1.77. The van der Waals surface area contributed by atoms with E-state index in [1.165, 1.54) is 30.4 Å². The third kappa shape index (κ3) is 3.90. The van der Waals surface area contributed by atoms with Crippen molar-refractivity contribution in [3.8, 4) is 0 Å². The maximum absolute atomic E-state index is 13.5. The summed E-state index contributed by atoms with van der Waals surface area (Å²) in [6.07, 6.45) is -0.399. The number of halogens is 1. The van der Waals surface area contributed by atoms with Gasteiger partial charge in [0, 0.05) is 0 Å². The Morgan fingerprint density at radius 3 is 2.68 bits per heavy atom. The van der Waals surface area contributed by atoms with Gasteiger partial charge in [0.2, 0.25) is 10.0 Å². The molecule has 0 radical (unpaired) electrons. The molecule has 1 atom stereocenters. The lowest BCUT2D eigenvalue weighted by Gasteiger charge is -2.16. The highest BCUT2D eigenvalue weighted by atomic mass is 32.2. The topological polar surface area (TPSA) is 83.5 Å². The molecule has 1 heterocycles. The van der Waals surface area contributed by atoms with Crippen molar-refractivity contribution in [2.24, 2.45) is 0 Å². The van der Waals surface area contributed by atoms with E-state index in [0.29, 0.717) is 11.1 Å². The number of benzene rings is 1. The van der Waals surface area contributed by atoms with Crippen molar-refractivity contribution >= 4 is 27.3 Å². The van der Waals surface area contributed by atoms with E-state index in [-0.39, 0.29) is 4.90 Å². The summed E-state index contributed by atoms with van der Waals surface area (Å²) >= 11 is 1.33. The zero-order valence-electron chi connectivity index (χ0n) is 11.6. The number of nitrogens with one attached hydrogen (secondary N) is 1. The molecule has 2 rings (SSSR count). The number of aryl methyl sites for hydroxylation is 1. The average molecular weight is 343 g/mol. The second kappa shape index (κ2) is 6.55. The van der Waals surface area contributed by atoms with E-state index in [0.717, 1.165) is 6.07 Å². The lowest BCUT2D eigenvalue weighted by atomic mass is 10.1. The van der Waals surface area contributed by atoms with Crippen LogP contribution in [-0.2, 0) is 14.8 Å². The summed E-state index contributed by atoms with van der Waals surface area (Å²) in [5.74, 6) is -1.76. The van der Waals surface area contributed by atoms with E-state index in [1.54, 1.807) is 16.8 Å². The molecule has 118 valence electrons. The number of sulfonamides is 1. The summed E-state index contributed by atoms with van der Waals surface area (Å²) in [4.78, 5) is 10.7. The fraction of sp³-hybridized carbons (Fsp3) is 0.214. The van der Waals surface area contributed by atoms with E-state index < -0.39 is 34.3 Å². The van der Waals surface area contributed by atoms with Crippen LogP contribution in [0.25, 0.3) is 0 Å². The molecule has 0 aliphatic rings. The third-order valence-electron chi connectivity index (χ3n) is 3.08. The summed E-state index contributed by atoms with van der Waals surface area (Å²) in [7, 11) is -4.02. The summed E-state index contributed by atoms with van der Waals surface area (Å²) in [5.41, 5.74) is 0.891. The van der Waals surface area contributed by atoms with Crippen LogP contribution in [0.3, 0.4) is 0 Å². The van der Waals surface area contributed by atoms with Crippen LogP contribution in [0, 0.1) is 12.7 Å². The van der Waals surface area contributed by atoms with Crippen LogP contribution in [-0.4, -0.2) is 19.5 Å². The van der Waals surface area contributed by atoms with Crippen LogP contribution in [0.15, 0.2) is 39.9 Å². The van der Waals surface area contributed by atoms with Gasteiger partial charge < -0.3 is 5.11 Å².